The zero-order valence-electron chi connectivity index (χ0n) is 16.1. The van der Waals surface area contributed by atoms with Crippen LogP contribution in [0.5, 0.6) is 5.75 Å². The number of amides is 1. The van der Waals surface area contributed by atoms with Crippen molar-refractivity contribution in [2.75, 3.05) is 18.4 Å². The Kier molecular flexibility index (Phi) is 7.34. The summed E-state index contributed by atoms with van der Waals surface area (Å²) in [4.78, 5) is 25.9. The van der Waals surface area contributed by atoms with Crippen molar-refractivity contribution in [1.29, 1.82) is 0 Å². The summed E-state index contributed by atoms with van der Waals surface area (Å²) in [6.45, 7) is 5.99. The second kappa shape index (κ2) is 9.31. The van der Waals surface area contributed by atoms with Crippen molar-refractivity contribution in [2.24, 2.45) is 0 Å². The van der Waals surface area contributed by atoms with Crippen LogP contribution in [0, 0.1) is 6.92 Å². The number of ketones is 1. The van der Waals surface area contributed by atoms with Crippen molar-refractivity contribution in [3.05, 3.63) is 40.1 Å². The number of carbonyl (C=O) groups is 2. The average Bonchev–Trinajstić information content (AvgIpc) is 3.08. The van der Waals surface area contributed by atoms with Crippen LogP contribution in [0.3, 0.4) is 0 Å². The predicted molar refractivity (Wildman–Crippen MR) is 109 cm³/mol. The second-order valence-corrected chi connectivity index (χ2v) is 9.38. The monoisotopic (exact) mass is 424 g/mol. The van der Waals surface area contributed by atoms with Gasteiger partial charge in [0.25, 0.3) is 0 Å². The zero-order chi connectivity index (χ0) is 20.9. The fraction of sp³-hybridized carbons (Fsp3) is 0.368. The minimum absolute atomic E-state index is 0.00218. The number of nitrogens with zero attached hydrogens (tertiary/aromatic N) is 1. The summed E-state index contributed by atoms with van der Waals surface area (Å²) in [6, 6.07) is 7.32. The van der Waals surface area contributed by atoms with Crippen molar-refractivity contribution < 1.29 is 23.1 Å². The van der Waals surface area contributed by atoms with E-state index in [1.54, 1.807) is 19.9 Å². The number of carbonyl (C=O) groups excluding carboxylic acids is 2. The maximum absolute atomic E-state index is 12.6. The lowest BCUT2D eigenvalue weighted by Crippen LogP contribution is -2.30. The van der Waals surface area contributed by atoms with Crippen LogP contribution in [-0.4, -0.2) is 42.6 Å². The molecule has 0 aliphatic heterocycles. The van der Waals surface area contributed by atoms with Crippen LogP contribution in [0.25, 0.3) is 0 Å². The Balaban J connectivity index is 2.09. The fourth-order valence-corrected chi connectivity index (χ4v) is 4.96. The van der Waals surface area contributed by atoms with Crippen molar-refractivity contribution in [3.8, 4) is 5.75 Å². The third-order valence-corrected chi connectivity index (χ3v) is 7.27. The number of phenolic OH excluding ortho intramolecular Hbond substituents is 1. The normalized spacial score (nSPS) is 11.6. The van der Waals surface area contributed by atoms with Crippen molar-refractivity contribution in [2.45, 2.75) is 38.5 Å². The molecule has 1 aromatic heterocycles. The quantitative estimate of drug-likeness (QED) is 0.474. The van der Waals surface area contributed by atoms with Crippen molar-refractivity contribution >= 4 is 38.7 Å². The molecule has 2 N–H and O–H groups in total. The minimum atomic E-state index is -3.72. The Morgan fingerprint density at radius 2 is 1.79 bits per heavy atom. The van der Waals surface area contributed by atoms with E-state index in [0.717, 1.165) is 4.88 Å². The molecule has 28 heavy (non-hydrogen) atoms. The Labute approximate surface area is 169 Å². The van der Waals surface area contributed by atoms with Crippen LogP contribution in [0.4, 0.5) is 5.69 Å². The van der Waals surface area contributed by atoms with Crippen LogP contribution >= 0.6 is 11.3 Å². The molecule has 2 aromatic rings. The summed E-state index contributed by atoms with van der Waals surface area (Å²) in [7, 11) is -3.72. The highest BCUT2D eigenvalue weighted by atomic mass is 32.2. The molecule has 0 unspecified atom stereocenters. The topological polar surface area (TPSA) is 104 Å². The van der Waals surface area contributed by atoms with Crippen LogP contribution in [0.1, 0.15) is 41.2 Å². The lowest BCUT2D eigenvalue weighted by molar-refractivity contribution is -0.116. The maximum Gasteiger partial charge on any atom is 0.243 e. The van der Waals surface area contributed by atoms with Crippen molar-refractivity contribution in [1.82, 2.24) is 4.31 Å². The molecule has 1 aromatic carbocycles. The van der Waals surface area contributed by atoms with E-state index in [9.17, 15) is 23.1 Å². The molecule has 9 heteroatoms. The number of thiophene rings is 1. The predicted octanol–water partition coefficient (Wildman–Crippen LogP) is 3.39. The molecule has 0 bridgehead atoms. The fourth-order valence-electron chi connectivity index (χ4n) is 2.64. The number of aromatic hydroxyl groups is 1. The van der Waals surface area contributed by atoms with E-state index < -0.39 is 15.9 Å². The number of rotatable bonds is 9. The standard InChI is InChI=1S/C19H24N2O5S2/c1-4-21(5-2)28(25,26)14-7-8-16(22)15(12-14)20-19(24)11-9-17(23)18-10-6-13(3)27-18/h6-8,10,12,22H,4-5,9,11H2,1-3H3,(H,20,24). The highest BCUT2D eigenvalue weighted by Crippen LogP contribution is 2.28. The number of benzene rings is 1. The first-order valence-corrected chi connectivity index (χ1v) is 11.2. The molecule has 152 valence electrons. The van der Waals surface area contributed by atoms with Gasteiger partial charge in [0.2, 0.25) is 15.9 Å². The van der Waals surface area contributed by atoms with E-state index in [4.69, 9.17) is 0 Å². The summed E-state index contributed by atoms with van der Waals surface area (Å²) in [5, 5.41) is 12.5. The Bertz CT molecular complexity index is 962. The summed E-state index contributed by atoms with van der Waals surface area (Å²) >= 11 is 1.37. The van der Waals surface area contributed by atoms with Gasteiger partial charge >= 0.3 is 0 Å². The second-order valence-electron chi connectivity index (χ2n) is 6.15. The van der Waals surface area contributed by atoms with Gasteiger partial charge in [0, 0.05) is 30.8 Å². The number of hydrogen-bond acceptors (Lipinski definition) is 6. The number of hydrogen-bond donors (Lipinski definition) is 2. The maximum atomic E-state index is 12.6. The number of Topliss-reactive ketones (excluding diaryl/α,β-unsaturated/α-hetero) is 1. The van der Waals surface area contributed by atoms with Gasteiger partial charge in [0.1, 0.15) is 5.75 Å². The number of sulfonamides is 1. The Morgan fingerprint density at radius 1 is 1.11 bits per heavy atom. The molecule has 0 fully saturated rings. The van der Waals surface area contributed by atoms with E-state index in [1.807, 2.05) is 13.0 Å². The third kappa shape index (κ3) is 5.18. The first kappa shape index (κ1) is 22.1. The molecule has 0 saturated heterocycles. The van der Waals surface area contributed by atoms with Gasteiger partial charge in [-0.2, -0.15) is 4.31 Å². The summed E-state index contributed by atoms with van der Waals surface area (Å²) < 4.78 is 26.5. The molecule has 1 heterocycles. The molecule has 0 aliphatic carbocycles. The first-order valence-electron chi connectivity index (χ1n) is 8.91. The molecule has 2 rings (SSSR count). The van der Waals surface area contributed by atoms with E-state index in [-0.39, 0.29) is 35.0 Å². The lowest BCUT2D eigenvalue weighted by atomic mass is 10.2. The van der Waals surface area contributed by atoms with Crippen LogP contribution in [-0.2, 0) is 14.8 Å². The molecule has 0 aliphatic rings. The highest BCUT2D eigenvalue weighted by Gasteiger charge is 2.23. The highest BCUT2D eigenvalue weighted by molar-refractivity contribution is 7.89. The number of anilines is 1. The first-order chi connectivity index (χ1) is 13.2. The van der Waals surface area contributed by atoms with Gasteiger partial charge in [-0.3, -0.25) is 9.59 Å². The van der Waals surface area contributed by atoms with E-state index >= 15 is 0 Å². The van der Waals surface area contributed by atoms with Gasteiger partial charge in [-0.1, -0.05) is 13.8 Å². The van der Waals surface area contributed by atoms with Gasteiger partial charge in [0.15, 0.2) is 5.78 Å². The molecule has 7 nitrogen and oxygen atoms in total. The molecular formula is C19H24N2O5S2. The lowest BCUT2D eigenvalue weighted by Gasteiger charge is -2.19. The zero-order valence-corrected chi connectivity index (χ0v) is 17.7. The number of aryl methyl sites for hydroxylation is 1. The van der Waals surface area contributed by atoms with E-state index in [1.165, 1.54) is 33.8 Å². The van der Waals surface area contributed by atoms with Gasteiger partial charge in [0.05, 0.1) is 15.5 Å². The van der Waals surface area contributed by atoms with E-state index in [2.05, 4.69) is 5.32 Å². The number of nitrogens with one attached hydrogen (secondary N) is 1. The summed E-state index contributed by atoms with van der Waals surface area (Å²) in [5.41, 5.74) is -0.00218. The number of phenols is 1. The Hall–Kier alpha value is -2.23. The van der Waals surface area contributed by atoms with E-state index in [0.29, 0.717) is 18.0 Å². The SMILES string of the molecule is CCN(CC)S(=O)(=O)c1ccc(O)c(NC(=O)CCC(=O)c2ccc(C)s2)c1. The molecule has 0 saturated carbocycles. The Morgan fingerprint density at radius 3 is 2.36 bits per heavy atom. The largest absolute Gasteiger partial charge is 0.506 e. The van der Waals surface area contributed by atoms with Crippen LogP contribution in [0.15, 0.2) is 35.2 Å². The van der Waals surface area contributed by atoms with Gasteiger partial charge in [-0.15, -0.1) is 11.3 Å². The summed E-state index contributed by atoms with van der Waals surface area (Å²) in [5.74, 6) is -0.850. The van der Waals surface area contributed by atoms with Crippen LogP contribution < -0.4 is 5.32 Å². The minimum Gasteiger partial charge on any atom is -0.506 e. The molecule has 0 spiro atoms. The van der Waals surface area contributed by atoms with Gasteiger partial charge in [-0.05, 0) is 37.3 Å². The average molecular weight is 425 g/mol. The molecule has 0 radical (unpaired) electrons. The van der Waals surface area contributed by atoms with Crippen LogP contribution in [0.2, 0.25) is 0 Å². The van der Waals surface area contributed by atoms with Gasteiger partial charge in [-0.25, -0.2) is 8.42 Å². The smallest absolute Gasteiger partial charge is 0.243 e. The molecular weight excluding hydrogens is 400 g/mol. The van der Waals surface area contributed by atoms with Crippen molar-refractivity contribution in [3.63, 3.8) is 0 Å². The third-order valence-electron chi connectivity index (χ3n) is 4.18. The summed E-state index contributed by atoms with van der Waals surface area (Å²) in [6.07, 6.45) is -0.0355. The van der Waals surface area contributed by atoms with Gasteiger partial charge < -0.3 is 10.4 Å². The molecule has 1 amide bonds. The molecule has 0 atom stereocenters.